The van der Waals surface area contributed by atoms with Gasteiger partial charge >= 0.3 is 6.18 Å². The van der Waals surface area contributed by atoms with Gasteiger partial charge in [-0.25, -0.2) is 5.43 Å². The number of carbonyl (C=O) groups is 2. The first kappa shape index (κ1) is 15.3. The van der Waals surface area contributed by atoms with Crippen LogP contribution in [0.15, 0.2) is 23.3 Å². The van der Waals surface area contributed by atoms with E-state index in [1.165, 1.54) is 6.07 Å². The number of halogens is 4. The van der Waals surface area contributed by atoms with Crippen molar-refractivity contribution in [2.24, 2.45) is 5.10 Å². The predicted molar refractivity (Wildman–Crippen MR) is 69.9 cm³/mol. The molecule has 0 radical (unpaired) electrons. The van der Waals surface area contributed by atoms with Crippen molar-refractivity contribution in [2.75, 3.05) is 5.32 Å². The van der Waals surface area contributed by atoms with Crippen molar-refractivity contribution < 1.29 is 22.8 Å². The lowest BCUT2D eigenvalue weighted by molar-refractivity contribution is -0.137. The molecule has 0 fully saturated rings. The Hall–Kier alpha value is -2.09. The van der Waals surface area contributed by atoms with Gasteiger partial charge in [-0.05, 0) is 18.2 Å². The topological polar surface area (TPSA) is 70.6 Å². The Kier molecular flexibility index (Phi) is 4.17. The van der Waals surface area contributed by atoms with Crippen LogP contribution in [0.4, 0.5) is 18.9 Å². The minimum absolute atomic E-state index is 0.0399. The van der Waals surface area contributed by atoms with Gasteiger partial charge in [0.05, 0.1) is 10.6 Å². The maximum atomic E-state index is 12.7. The van der Waals surface area contributed by atoms with E-state index in [-0.39, 0.29) is 30.1 Å². The van der Waals surface area contributed by atoms with Gasteiger partial charge in [0.25, 0.3) is 5.91 Å². The van der Waals surface area contributed by atoms with Crippen LogP contribution in [0.5, 0.6) is 0 Å². The number of nitrogens with zero attached hydrogens (tertiary/aromatic N) is 1. The number of hydrogen-bond donors (Lipinski definition) is 2. The van der Waals surface area contributed by atoms with E-state index in [4.69, 9.17) is 11.6 Å². The second kappa shape index (κ2) is 5.72. The molecule has 9 heteroatoms. The molecule has 0 atom stereocenters. The Morgan fingerprint density at radius 2 is 2.05 bits per heavy atom. The van der Waals surface area contributed by atoms with E-state index in [1.54, 1.807) is 0 Å². The zero-order valence-electron chi connectivity index (χ0n) is 10.4. The molecule has 0 bridgehead atoms. The highest BCUT2D eigenvalue weighted by atomic mass is 35.5. The van der Waals surface area contributed by atoms with E-state index in [0.29, 0.717) is 0 Å². The highest BCUT2D eigenvalue weighted by molar-refractivity contribution is 6.43. The zero-order valence-corrected chi connectivity index (χ0v) is 11.2. The van der Waals surface area contributed by atoms with Gasteiger partial charge in [0.2, 0.25) is 5.91 Å². The summed E-state index contributed by atoms with van der Waals surface area (Å²) >= 11 is 5.48. The van der Waals surface area contributed by atoms with Gasteiger partial charge < -0.3 is 5.32 Å². The summed E-state index contributed by atoms with van der Waals surface area (Å²) in [4.78, 5) is 22.7. The monoisotopic (exact) mass is 319 g/mol. The number of carbonyl (C=O) groups excluding carboxylic acids is 2. The van der Waals surface area contributed by atoms with Crippen LogP contribution in [0.2, 0.25) is 5.02 Å². The number of benzene rings is 1. The molecule has 112 valence electrons. The number of anilines is 1. The predicted octanol–water partition coefficient (Wildman–Crippen LogP) is 2.56. The Labute approximate surface area is 122 Å². The molecule has 0 spiro atoms. The summed E-state index contributed by atoms with van der Waals surface area (Å²) < 4.78 is 38.1. The van der Waals surface area contributed by atoms with Crippen molar-refractivity contribution in [1.29, 1.82) is 0 Å². The van der Waals surface area contributed by atoms with Crippen LogP contribution >= 0.6 is 11.6 Å². The lowest BCUT2D eigenvalue weighted by Gasteiger charge is -2.14. The van der Waals surface area contributed by atoms with Gasteiger partial charge in [-0.2, -0.15) is 18.3 Å². The van der Waals surface area contributed by atoms with Crippen LogP contribution in [-0.2, 0) is 15.8 Å². The number of hydrogen-bond acceptors (Lipinski definition) is 3. The maximum Gasteiger partial charge on any atom is 0.417 e. The molecular formula is C12H9ClF3N3O2. The minimum atomic E-state index is -4.62. The number of rotatable bonds is 2. The first-order valence-corrected chi connectivity index (χ1v) is 6.18. The molecule has 2 N–H and O–H groups in total. The van der Waals surface area contributed by atoms with Crippen LogP contribution in [0, 0.1) is 0 Å². The van der Waals surface area contributed by atoms with Crippen LogP contribution in [0.3, 0.4) is 0 Å². The molecule has 5 nitrogen and oxygen atoms in total. The van der Waals surface area contributed by atoms with Crippen molar-refractivity contribution in [3.63, 3.8) is 0 Å². The Morgan fingerprint density at radius 1 is 1.33 bits per heavy atom. The smallest absolute Gasteiger partial charge is 0.321 e. The lowest BCUT2D eigenvalue weighted by atomic mass is 10.1. The molecule has 1 aliphatic heterocycles. The normalized spacial score (nSPS) is 15.2. The van der Waals surface area contributed by atoms with Crippen LogP contribution < -0.4 is 10.7 Å². The van der Waals surface area contributed by atoms with E-state index in [2.05, 4.69) is 15.8 Å². The molecule has 0 aromatic heterocycles. The second-order valence-electron chi connectivity index (χ2n) is 4.24. The molecule has 21 heavy (non-hydrogen) atoms. The van der Waals surface area contributed by atoms with Crippen molar-refractivity contribution in [3.05, 3.63) is 28.8 Å². The zero-order chi connectivity index (χ0) is 15.6. The summed E-state index contributed by atoms with van der Waals surface area (Å²) in [6.07, 6.45) is -4.40. The number of amides is 2. The van der Waals surface area contributed by atoms with Gasteiger partial charge in [0.1, 0.15) is 5.71 Å². The number of nitrogens with one attached hydrogen (secondary N) is 2. The molecule has 1 aliphatic rings. The quantitative estimate of drug-likeness (QED) is 0.879. The van der Waals surface area contributed by atoms with Gasteiger partial charge in [0.15, 0.2) is 0 Å². The third-order valence-electron chi connectivity index (χ3n) is 2.70. The van der Waals surface area contributed by atoms with E-state index >= 15 is 0 Å². The maximum absolute atomic E-state index is 12.7. The first-order chi connectivity index (χ1) is 9.77. The number of hydrazone groups is 1. The average Bonchev–Trinajstić information content (AvgIpc) is 2.40. The van der Waals surface area contributed by atoms with E-state index in [9.17, 15) is 22.8 Å². The molecule has 0 aliphatic carbocycles. The van der Waals surface area contributed by atoms with Crippen molar-refractivity contribution in [2.45, 2.75) is 19.0 Å². The lowest BCUT2D eigenvalue weighted by Crippen LogP contribution is -2.32. The molecule has 0 saturated heterocycles. The molecule has 1 aromatic carbocycles. The van der Waals surface area contributed by atoms with Gasteiger partial charge in [-0.15, -0.1) is 0 Å². The summed E-state index contributed by atoms with van der Waals surface area (Å²) in [6.45, 7) is 0. The van der Waals surface area contributed by atoms with Crippen LogP contribution in [-0.4, -0.2) is 17.5 Å². The third-order valence-corrected chi connectivity index (χ3v) is 3.03. The molecule has 2 rings (SSSR count). The standard InChI is InChI=1S/C12H9ClF3N3O2/c13-8-2-1-6(5-7(8)12(14,15)16)17-11(21)9-3-4-10(20)19-18-9/h1-2,5H,3-4H2,(H,17,21)(H,19,20). The molecule has 2 amide bonds. The molecule has 0 saturated carbocycles. The summed E-state index contributed by atoms with van der Waals surface area (Å²) in [7, 11) is 0. The third kappa shape index (κ3) is 3.72. The summed E-state index contributed by atoms with van der Waals surface area (Å²) in [6, 6.07) is 3.03. The summed E-state index contributed by atoms with van der Waals surface area (Å²) in [5.41, 5.74) is 1.07. The highest BCUT2D eigenvalue weighted by Crippen LogP contribution is 2.36. The fourth-order valence-electron chi connectivity index (χ4n) is 1.66. The van der Waals surface area contributed by atoms with Crippen molar-refractivity contribution in [3.8, 4) is 0 Å². The largest absolute Gasteiger partial charge is 0.417 e. The molecule has 1 heterocycles. The van der Waals surface area contributed by atoms with Gasteiger partial charge in [0, 0.05) is 18.5 Å². The molecule has 0 unspecified atom stereocenters. The molecular weight excluding hydrogens is 311 g/mol. The first-order valence-electron chi connectivity index (χ1n) is 5.81. The van der Waals surface area contributed by atoms with E-state index in [0.717, 1.165) is 12.1 Å². The highest BCUT2D eigenvalue weighted by Gasteiger charge is 2.33. The van der Waals surface area contributed by atoms with E-state index < -0.39 is 22.7 Å². The Morgan fingerprint density at radius 3 is 2.62 bits per heavy atom. The fourth-order valence-corrected chi connectivity index (χ4v) is 1.89. The van der Waals surface area contributed by atoms with E-state index in [1.807, 2.05) is 0 Å². The fraction of sp³-hybridized carbons (Fsp3) is 0.250. The van der Waals surface area contributed by atoms with Crippen molar-refractivity contribution >= 4 is 34.8 Å². The average molecular weight is 320 g/mol. The van der Waals surface area contributed by atoms with Crippen LogP contribution in [0.25, 0.3) is 0 Å². The van der Waals surface area contributed by atoms with Gasteiger partial charge in [-0.3, -0.25) is 9.59 Å². The Balaban J connectivity index is 2.17. The minimum Gasteiger partial charge on any atom is -0.321 e. The Bertz CT molecular complexity index is 629. The van der Waals surface area contributed by atoms with Crippen LogP contribution in [0.1, 0.15) is 18.4 Å². The summed E-state index contributed by atoms with van der Waals surface area (Å²) in [5, 5.41) is 5.38. The summed E-state index contributed by atoms with van der Waals surface area (Å²) in [5.74, 6) is -0.997. The van der Waals surface area contributed by atoms with Crippen molar-refractivity contribution in [1.82, 2.24) is 5.43 Å². The molecule has 1 aromatic rings. The number of alkyl halides is 3. The van der Waals surface area contributed by atoms with Gasteiger partial charge in [-0.1, -0.05) is 11.6 Å². The second-order valence-corrected chi connectivity index (χ2v) is 4.65. The SMILES string of the molecule is O=C1CCC(C(=O)Nc2ccc(Cl)c(C(F)(F)F)c2)=NN1.